The summed E-state index contributed by atoms with van der Waals surface area (Å²) in [4.78, 5) is 23.1. The minimum absolute atomic E-state index is 0.0671. The molecule has 1 amide bonds. The summed E-state index contributed by atoms with van der Waals surface area (Å²) in [6, 6.07) is 17.7. The van der Waals surface area contributed by atoms with Crippen LogP contribution in [-0.4, -0.2) is 25.5 Å². The maximum Gasteiger partial charge on any atom is 0.305 e. The summed E-state index contributed by atoms with van der Waals surface area (Å²) < 4.78 is 4.59. The van der Waals surface area contributed by atoms with E-state index < -0.39 is 0 Å². The molecule has 0 heterocycles. The molecule has 0 radical (unpaired) electrons. The second kappa shape index (κ2) is 9.50. The molecular formula is C20H23NO3. The van der Waals surface area contributed by atoms with Crippen LogP contribution < -0.4 is 5.32 Å². The largest absolute Gasteiger partial charge is 0.469 e. The Balaban J connectivity index is 1.74. The fourth-order valence-electron chi connectivity index (χ4n) is 2.42. The second-order valence-corrected chi connectivity index (χ2v) is 5.59. The average Bonchev–Trinajstić information content (AvgIpc) is 2.65. The zero-order valence-electron chi connectivity index (χ0n) is 14.0. The van der Waals surface area contributed by atoms with Crippen molar-refractivity contribution in [2.75, 3.05) is 13.7 Å². The highest BCUT2D eigenvalue weighted by molar-refractivity contribution is 5.94. The number of amides is 1. The van der Waals surface area contributed by atoms with Crippen molar-refractivity contribution >= 4 is 11.9 Å². The number of rotatable bonds is 8. The number of benzene rings is 2. The number of nitrogens with one attached hydrogen (secondary N) is 1. The maximum absolute atomic E-state index is 12.1. The first-order valence-electron chi connectivity index (χ1n) is 8.21. The molecule has 24 heavy (non-hydrogen) atoms. The molecule has 1 N–H and O–H groups in total. The highest BCUT2D eigenvalue weighted by atomic mass is 16.5. The van der Waals surface area contributed by atoms with Gasteiger partial charge in [-0.25, -0.2) is 0 Å². The van der Waals surface area contributed by atoms with E-state index >= 15 is 0 Å². The summed E-state index contributed by atoms with van der Waals surface area (Å²) in [5.41, 5.74) is 2.88. The topological polar surface area (TPSA) is 55.4 Å². The lowest BCUT2D eigenvalue weighted by Gasteiger charge is -2.06. The van der Waals surface area contributed by atoms with Gasteiger partial charge in [-0.2, -0.15) is 0 Å². The SMILES string of the molecule is COC(=O)CCCCCNC(=O)c1ccc(-c2ccccc2)cc1. The molecule has 0 spiro atoms. The van der Waals surface area contributed by atoms with Crippen molar-refractivity contribution in [2.24, 2.45) is 0 Å². The summed E-state index contributed by atoms with van der Waals surface area (Å²) in [5.74, 6) is -0.250. The number of carbonyl (C=O) groups excluding carboxylic acids is 2. The lowest BCUT2D eigenvalue weighted by Crippen LogP contribution is -2.24. The van der Waals surface area contributed by atoms with Crippen LogP contribution in [-0.2, 0) is 9.53 Å². The van der Waals surface area contributed by atoms with Gasteiger partial charge in [0.1, 0.15) is 0 Å². The summed E-state index contributed by atoms with van der Waals surface area (Å²) in [6.07, 6.45) is 2.97. The predicted molar refractivity (Wildman–Crippen MR) is 94.7 cm³/mol. The number of methoxy groups -OCH3 is 1. The summed E-state index contributed by atoms with van der Waals surface area (Å²) in [5, 5.41) is 2.91. The van der Waals surface area contributed by atoms with Gasteiger partial charge < -0.3 is 10.1 Å². The van der Waals surface area contributed by atoms with E-state index in [1.807, 2.05) is 54.6 Å². The lowest BCUT2D eigenvalue weighted by molar-refractivity contribution is -0.140. The average molecular weight is 325 g/mol. The van der Waals surface area contributed by atoms with Gasteiger partial charge in [-0.15, -0.1) is 0 Å². The van der Waals surface area contributed by atoms with Crippen LogP contribution in [0.25, 0.3) is 11.1 Å². The molecular weight excluding hydrogens is 302 g/mol. The molecule has 0 aliphatic rings. The van der Waals surface area contributed by atoms with Crippen LogP contribution in [0.5, 0.6) is 0 Å². The van der Waals surface area contributed by atoms with Crippen LogP contribution in [0.3, 0.4) is 0 Å². The molecule has 4 nitrogen and oxygen atoms in total. The molecule has 0 fully saturated rings. The molecule has 4 heteroatoms. The highest BCUT2D eigenvalue weighted by Crippen LogP contribution is 2.19. The lowest BCUT2D eigenvalue weighted by atomic mass is 10.0. The number of esters is 1. The van der Waals surface area contributed by atoms with Crippen LogP contribution in [0.1, 0.15) is 36.0 Å². The molecule has 0 bridgehead atoms. The third-order valence-corrected chi connectivity index (χ3v) is 3.83. The molecule has 126 valence electrons. The quantitative estimate of drug-likeness (QED) is 0.593. The Morgan fingerprint density at radius 3 is 2.21 bits per heavy atom. The Hall–Kier alpha value is -2.62. The maximum atomic E-state index is 12.1. The molecule has 0 saturated carbocycles. The normalized spacial score (nSPS) is 10.2. The molecule has 2 rings (SSSR count). The van der Waals surface area contributed by atoms with Gasteiger partial charge in [0.05, 0.1) is 7.11 Å². The van der Waals surface area contributed by atoms with Gasteiger partial charge in [-0.1, -0.05) is 48.9 Å². The summed E-state index contributed by atoms with van der Waals surface area (Å²) in [6.45, 7) is 0.612. The van der Waals surface area contributed by atoms with E-state index in [0.717, 1.165) is 30.4 Å². The smallest absolute Gasteiger partial charge is 0.305 e. The van der Waals surface area contributed by atoms with Crippen molar-refractivity contribution in [3.8, 4) is 11.1 Å². The van der Waals surface area contributed by atoms with Crippen molar-refractivity contribution in [3.05, 3.63) is 60.2 Å². The second-order valence-electron chi connectivity index (χ2n) is 5.59. The zero-order valence-corrected chi connectivity index (χ0v) is 14.0. The monoisotopic (exact) mass is 325 g/mol. The fourth-order valence-corrected chi connectivity index (χ4v) is 2.42. The molecule has 0 aliphatic heterocycles. The minimum atomic E-state index is -0.183. The molecule has 2 aromatic carbocycles. The zero-order chi connectivity index (χ0) is 17.2. The van der Waals surface area contributed by atoms with Gasteiger partial charge in [0, 0.05) is 18.5 Å². The van der Waals surface area contributed by atoms with Gasteiger partial charge in [-0.05, 0) is 36.1 Å². The first-order chi connectivity index (χ1) is 11.7. The Bertz CT molecular complexity index is 650. The van der Waals surface area contributed by atoms with Crippen molar-refractivity contribution in [3.63, 3.8) is 0 Å². The molecule has 0 atom stereocenters. The Kier molecular flexibility index (Phi) is 7.02. The third kappa shape index (κ3) is 5.54. The number of hydrogen-bond acceptors (Lipinski definition) is 3. The Labute approximate surface area is 142 Å². The molecule has 2 aromatic rings. The van der Waals surface area contributed by atoms with Gasteiger partial charge in [0.25, 0.3) is 5.91 Å². The van der Waals surface area contributed by atoms with E-state index in [0.29, 0.717) is 18.5 Å². The van der Waals surface area contributed by atoms with Crippen molar-refractivity contribution in [1.29, 1.82) is 0 Å². The van der Waals surface area contributed by atoms with Crippen LogP contribution in [0.4, 0.5) is 0 Å². The van der Waals surface area contributed by atoms with E-state index in [1.165, 1.54) is 7.11 Å². The Morgan fingerprint density at radius 1 is 0.875 bits per heavy atom. The Morgan fingerprint density at radius 2 is 1.54 bits per heavy atom. The van der Waals surface area contributed by atoms with Crippen molar-refractivity contribution in [1.82, 2.24) is 5.32 Å². The van der Waals surface area contributed by atoms with E-state index in [1.54, 1.807) is 0 Å². The highest BCUT2D eigenvalue weighted by Gasteiger charge is 2.05. The summed E-state index contributed by atoms with van der Waals surface area (Å²) in [7, 11) is 1.39. The van der Waals surface area contributed by atoms with E-state index in [2.05, 4.69) is 10.1 Å². The van der Waals surface area contributed by atoms with Crippen molar-refractivity contribution in [2.45, 2.75) is 25.7 Å². The standard InChI is InChI=1S/C20H23NO3/c1-24-19(22)10-6-3-7-15-21-20(23)18-13-11-17(12-14-18)16-8-4-2-5-9-16/h2,4-5,8-9,11-14H,3,6-7,10,15H2,1H3,(H,21,23). The van der Waals surface area contributed by atoms with Gasteiger partial charge in [0.15, 0.2) is 0 Å². The van der Waals surface area contributed by atoms with Gasteiger partial charge >= 0.3 is 5.97 Å². The van der Waals surface area contributed by atoms with E-state index in [9.17, 15) is 9.59 Å². The van der Waals surface area contributed by atoms with Crippen LogP contribution in [0.15, 0.2) is 54.6 Å². The number of unbranched alkanes of at least 4 members (excludes halogenated alkanes) is 2. The van der Waals surface area contributed by atoms with Gasteiger partial charge in [-0.3, -0.25) is 9.59 Å². The van der Waals surface area contributed by atoms with Crippen LogP contribution >= 0.6 is 0 Å². The number of carbonyl (C=O) groups is 2. The number of hydrogen-bond donors (Lipinski definition) is 1. The predicted octanol–water partition coefficient (Wildman–Crippen LogP) is 3.82. The van der Waals surface area contributed by atoms with Crippen LogP contribution in [0, 0.1) is 0 Å². The summed E-state index contributed by atoms with van der Waals surface area (Å²) >= 11 is 0. The molecule has 0 aliphatic carbocycles. The molecule has 0 aromatic heterocycles. The van der Waals surface area contributed by atoms with Crippen molar-refractivity contribution < 1.29 is 14.3 Å². The first-order valence-corrected chi connectivity index (χ1v) is 8.21. The van der Waals surface area contributed by atoms with E-state index in [-0.39, 0.29) is 11.9 Å². The fraction of sp³-hybridized carbons (Fsp3) is 0.300. The van der Waals surface area contributed by atoms with E-state index in [4.69, 9.17) is 0 Å². The van der Waals surface area contributed by atoms with Crippen LogP contribution in [0.2, 0.25) is 0 Å². The van der Waals surface area contributed by atoms with Gasteiger partial charge in [0.2, 0.25) is 0 Å². The number of ether oxygens (including phenoxy) is 1. The minimum Gasteiger partial charge on any atom is -0.469 e. The first kappa shape index (κ1) is 17.7. The molecule has 0 unspecified atom stereocenters. The molecule has 0 saturated heterocycles. The third-order valence-electron chi connectivity index (χ3n) is 3.83.